The SMILES string of the molecule is O=C(c1ccc2c(c1)OCCO2)N1CCCC(N2CCN(c3ccccc3F)CC2)C1. The van der Waals surface area contributed by atoms with E-state index in [9.17, 15) is 9.18 Å². The number of hydrogen-bond donors (Lipinski definition) is 0. The zero-order chi connectivity index (χ0) is 21.2. The van der Waals surface area contributed by atoms with Crippen molar-refractivity contribution in [1.82, 2.24) is 9.80 Å². The number of para-hydroxylation sites is 1. The first-order valence-electron chi connectivity index (χ1n) is 11.1. The predicted molar refractivity (Wildman–Crippen MR) is 117 cm³/mol. The summed E-state index contributed by atoms with van der Waals surface area (Å²) in [6.07, 6.45) is 2.08. The fourth-order valence-corrected chi connectivity index (χ4v) is 4.83. The van der Waals surface area contributed by atoms with E-state index in [0.717, 1.165) is 52.1 Å². The van der Waals surface area contributed by atoms with Gasteiger partial charge in [-0.25, -0.2) is 4.39 Å². The van der Waals surface area contributed by atoms with Gasteiger partial charge in [-0.1, -0.05) is 12.1 Å². The summed E-state index contributed by atoms with van der Waals surface area (Å²) in [5.41, 5.74) is 1.33. The number of piperazine rings is 1. The maximum atomic E-state index is 14.1. The molecule has 2 aromatic carbocycles. The van der Waals surface area contributed by atoms with Crippen molar-refractivity contribution in [2.75, 3.05) is 57.4 Å². The smallest absolute Gasteiger partial charge is 0.254 e. The largest absolute Gasteiger partial charge is 0.486 e. The molecule has 2 aromatic rings. The molecule has 0 spiro atoms. The van der Waals surface area contributed by atoms with Gasteiger partial charge < -0.3 is 19.3 Å². The van der Waals surface area contributed by atoms with Crippen molar-refractivity contribution in [3.8, 4) is 11.5 Å². The molecule has 0 N–H and O–H groups in total. The van der Waals surface area contributed by atoms with Crippen molar-refractivity contribution < 1.29 is 18.7 Å². The fraction of sp³-hybridized carbons (Fsp3) is 0.458. The van der Waals surface area contributed by atoms with Gasteiger partial charge in [0.1, 0.15) is 19.0 Å². The van der Waals surface area contributed by atoms with Crippen molar-refractivity contribution in [2.24, 2.45) is 0 Å². The molecule has 2 fully saturated rings. The lowest BCUT2D eigenvalue weighted by atomic mass is 10.0. The molecule has 0 bridgehead atoms. The van der Waals surface area contributed by atoms with Gasteiger partial charge in [0.05, 0.1) is 5.69 Å². The molecule has 3 aliphatic rings. The van der Waals surface area contributed by atoms with Gasteiger partial charge in [0, 0.05) is 50.9 Å². The quantitative estimate of drug-likeness (QED) is 0.757. The molecular weight excluding hydrogens is 397 g/mol. The van der Waals surface area contributed by atoms with Gasteiger partial charge in [-0.3, -0.25) is 9.69 Å². The molecule has 2 saturated heterocycles. The Bertz CT molecular complexity index is 945. The summed E-state index contributed by atoms with van der Waals surface area (Å²) in [7, 11) is 0. The molecule has 3 aliphatic heterocycles. The van der Waals surface area contributed by atoms with Gasteiger partial charge >= 0.3 is 0 Å². The molecule has 1 amide bonds. The zero-order valence-electron chi connectivity index (χ0n) is 17.6. The Hall–Kier alpha value is -2.80. The van der Waals surface area contributed by atoms with E-state index in [1.165, 1.54) is 6.07 Å². The van der Waals surface area contributed by atoms with Gasteiger partial charge in [0.15, 0.2) is 11.5 Å². The van der Waals surface area contributed by atoms with Crippen molar-refractivity contribution in [1.29, 1.82) is 0 Å². The number of carbonyl (C=O) groups is 1. The number of rotatable bonds is 3. The van der Waals surface area contributed by atoms with Crippen LogP contribution >= 0.6 is 0 Å². The van der Waals surface area contributed by atoms with Crippen molar-refractivity contribution in [3.05, 3.63) is 53.8 Å². The molecule has 3 heterocycles. The van der Waals surface area contributed by atoms with Crippen LogP contribution in [0.4, 0.5) is 10.1 Å². The minimum Gasteiger partial charge on any atom is -0.486 e. The van der Waals surface area contributed by atoms with E-state index in [1.54, 1.807) is 12.1 Å². The second-order valence-electron chi connectivity index (χ2n) is 8.38. The molecule has 6 nitrogen and oxygen atoms in total. The van der Waals surface area contributed by atoms with Crippen LogP contribution in [0, 0.1) is 5.82 Å². The number of carbonyl (C=O) groups excluding carboxylic acids is 1. The van der Waals surface area contributed by atoms with Crippen LogP contribution in [0.5, 0.6) is 11.5 Å². The summed E-state index contributed by atoms with van der Waals surface area (Å²) in [4.78, 5) is 19.7. The molecule has 0 saturated carbocycles. The number of nitrogens with zero attached hydrogens (tertiary/aromatic N) is 3. The molecule has 0 aromatic heterocycles. The number of fused-ring (bicyclic) bond motifs is 1. The molecule has 7 heteroatoms. The zero-order valence-corrected chi connectivity index (χ0v) is 17.6. The first-order valence-corrected chi connectivity index (χ1v) is 11.1. The van der Waals surface area contributed by atoms with Crippen LogP contribution in [0.3, 0.4) is 0 Å². The number of anilines is 1. The average molecular weight is 426 g/mol. The number of likely N-dealkylation sites (tertiary alicyclic amines) is 1. The molecule has 31 heavy (non-hydrogen) atoms. The Morgan fingerprint density at radius 3 is 2.52 bits per heavy atom. The summed E-state index contributed by atoms with van der Waals surface area (Å²) in [5, 5.41) is 0. The van der Waals surface area contributed by atoms with Crippen molar-refractivity contribution in [3.63, 3.8) is 0 Å². The van der Waals surface area contributed by atoms with Crippen molar-refractivity contribution in [2.45, 2.75) is 18.9 Å². The van der Waals surface area contributed by atoms with E-state index in [0.29, 0.717) is 42.0 Å². The van der Waals surface area contributed by atoms with E-state index in [-0.39, 0.29) is 11.7 Å². The number of hydrogen-bond acceptors (Lipinski definition) is 5. The molecule has 0 aliphatic carbocycles. The van der Waals surface area contributed by atoms with Crippen LogP contribution in [0.2, 0.25) is 0 Å². The van der Waals surface area contributed by atoms with E-state index in [4.69, 9.17) is 9.47 Å². The van der Waals surface area contributed by atoms with E-state index < -0.39 is 0 Å². The summed E-state index contributed by atoms with van der Waals surface area (Å²) in [6, 6.07) is 12.8. The fourth-order valence-electron chi connectivity index (χ4n) is 4.83. The Kier molecular flexibility index (Phi) is 5.68. The second kappa shape index (κ2) is 8.75. The highest BCUT2D eigenvalue weighted by atomic mass is 19.1. The third kappa shape index (κ3) is 4.19. The number of piperidine rings is 1. The standard InChI is InChI=1S/C24H28FN3O3/c25-20-5-1-2-6-21(20)27-12-10-26(11-13-27)19-4-3-9-28(17-19)24(29)18-7-8-22-23(16-18)31-15-14-30-22/h1-2,5-8,16,19H,3-4,9-15,17H2. The van der Waals surface area contributed by atoms with Crippen LogP contribution in [-0.2, 0) is 0 Å². The average Bonchev–Trinajstić information content (AvgIpc) is 2.84. The summed E-state index contributed by atoms with van der Waals surface area (Å²) in [5.74, 6) is 1.23. The molecule has 164 valence electrons. The molecule has 0 radical (unpaired) electrons. The van der Waals surface area contributed by atoms with Gasteiger partial charge in [0.25, 0.3) is 5.91 Å². The Labute approximate surface area is 182 Å². The second-order valence-corrected chi connectivity index (χ2v) is 8.38. The first kappa shape index (κ1) is 20.1. The van der Waals surface area contributed by atoms with Gasteiger partial charge in [-0.15, -0.1) is 0 Å². The molecular formula is C24H28FN3O3. The third-order valence-electron chi connectivity index (χ3n) is 6.50. The maximum absolute atomic E-state index is 14.1. The lowest BCUT2D eigenvalue weighted by Gasteiger charge is -2.44. The molecule has 5 rings (SSSR count). The minimum atomic E-state index is -0.162. The summed E-state index contributed by atoms with van der Waals surface area (Å²) >= 11 is 0. The van der Waals surface area contributed by atoms with Crippen molar-refractivity contribution >= 4 is 11.6 Å². The van der Waals surface area contributed by atoms with E-state index >= 15 is 0 Å². The van der Waals surface area contributed by atoms with E-state index in [2.05, 4.69) is 9.80 Å². The first-order chi connectivity index (χ1) is 15.2. The highest BCUT2D eigenvalue weighted by Crippen LogP contribution is 2.31. The number of ether oxygens (including phenoxy) is 2. The number of benzene rings is 2. The highest BCUT2D eigenvalue weighted by Gasteiger charge is 2.31. The number of amides is 1. The lowest BCUT2D eigenvalue weighted by Crippen LogP contribution is -2.56. The van der Waals surface area contributed by atoms with Crippen LogP contribution in [0.25, 0.3) is 0 Å². The normalized spacial score (nSPS) is 21.8. The van der Waals surface area contributed by atoms with Crippen LogP contribution in [0.1, 0.15) is 23.2 Å². The molecule has 1 atom stereocenters. The van der Waals surface area contributed by atoms with Crippen LogP contribution in [0.15, 0.2) is 42.5 Å². The highest BCUT2D eigenvalue weighted by molar-refractivity contribution is 5.95. The monoisotopic (exact) mass is 425 g/mol. The summed E-state index contributed by atoms with van der Waals surface area (Å²) < 4.78 is 25.3. The minimum absolute atomic E-state index is 0.0478. The van der Waals surface area contributed by atoms with Gasteiger partial charge in [0.2, 0.25) is 0 Å². The predicted octanol–water partition coefficient (Wildman–Crippen LogP) is 3.02. The maximum Gasteiger partial charge on any atom is 0.254 e. The Morgan fingerprint density at radius 1 is 0.935 bits per heavy atom. The number of halogens is 1. The lowest BCUT2D eigenvalue weighted by molar-refractivity contribution is 0.0562. The van der Waals surface area contributed by atoms with E-state index in [1.807, 2.05) is 29.2 Å². The Morgan fingerprint density at radius 2 is 1.71 bits per heavy atom. The third-order valence-corrected chi connectivity index (χ3v) is 6.50. The van der Waals surface area contributed by atoms with Crippen LogP contribution < -0.4 is 14.4 Å². The Balaban J connectivity index is 1.21. The summed E-state index contributed by atoms with van der Waals surface area (Å²) in [6.45, 7) is 5.91. The topological polar surface area (TPSA) is 45.3 Å². The van der Waals surface area contributed by atoms with Crippen LogP contribution in [-0.4, -0.2) is 74.2 Å². The van der Waals surface area contributed by atoms with Gasteiger partial charge in [-0.05, 0) is 43.2 Å². The van der Waals surface area contributed by atoms with Gasteiger partial charge in [-0.2, -0.15) is 0 Å². The molecule has 1 unspecified atom stereocenters.